The summed E-state index contributed by atoms with van der Waals surface area (Å²) in [6.07, 6.45) is 1.73. The standard InChI is InChI=1S/C17H20N4O4S/c22-17(19-7-8-21-15(13-19)5-6-18-21)14-1-3-16(4-2-14)26(23,24)20-9-11-25-12-10-20/h1-6H,7-13H2. The van der Waals surface area contributed by atoms with Crippen LogP contribution in [0.15, 0.2) is 41.4 Å². The van der Waals surface area contributed by atoms with Crippen LogP contribution in [0.4, 0.5) is 0 Å². The van der Waals surface area contributed by atoms with Crippen LogP contribution >= 0.6 is 0 Å². The lowest BCUT2D eigenvalue weighted by Crippen LogP contribution is -2.40. The van der Waals surface area contributed by atoms with Gasteiger partial charge in [0.1, 0.15) is 0 Å². The van der Waals surface area contributed by atoms with Crippen molar-refractivity contribution in [3.8, 4) is 0 Å². The molecule has 9 heteroatoms. The quantitative estimate of drug-likeness (QED) is 0.782. The van der Waals surface area contributed by atoms with Gasteiger partial charge in [-0.2, -0.15) is 9.40 Å². The number of sulfonamides is 1. The number of benzene rings is 1. The molecule has 0 bridgehead atoms. The van der Waals surface area contributed by atoms with E-state index in [-0.39, 0.29) is 10.8 Å². The summed E-state index contributed by atoms with van der Waals surface area (Å²) in [4.78, 5) is 14.7. The molecule has 0 unspecified atom stereocenters. The average Bonchev–Trinajstić information content (AvgIpc) is 3.16. The van der Waals surface area contributed by atoms with Crippen molar-refractivity contribution in [3.05, 3.63) is 47.8 Å². The number of morpholine rings is 1. The van der Waals surface area contributed by atoms with E-state index in [9.17, 15) is 13.2 Å². The Hall–Kier alpha value is -2.23. The van der Waals surface area contributed by atoms with Crippen LogP contribution in [0.5, 0.6) is 0 Å². The number of rotatable bonds is 3. The van der Waals surface area contributed by atoms with E-state index in [0.717, 1.165) is 5.69 Å². The number of amides is 1. The molecule has 0 aliphatic carbocycles. The second-order valence-corrected chi connectivity index (χ2v) is 8.25. The van der Waals surface area contributed by atoms with E-state index in [1.54, 1.807) is 23.2 Å². The van der Waals surface area contributed by atoms with Gasteiger partial charge in [0.05, 0.1) is 36.9 Å². The number of aromatic nitrogens is 2. The lowest BCUT2D eigenvalue weighted by atomic mass is 10.2. The Morgan fingerprint density at radius 3 is 2.46 bits per heavy atom. The molecule has 1 aromatic carbocycles. The van der Waals surface area contributed by atoms with Gasteiger partial charge in [-0.15, -0.1) is 0 Å². The third-order valence-corrected chi connectivity index (χ3v) is 6.65. The highest BCUT2D eigenvalue weighted by Crippen LogP contribution is 2.20. The molecule has 3 heterocycles. The lowest BCUT2D eigenvalue weighted by Gasteiger charge is -2.28. The number of ether oxygens (including phenoxy) is 1. The van der Waals surface area contributed by atoms with Crippen molar-refractivity contribution in [3.63, 3.8) is 0 Å². The van der Waals surface area contributed by atoms with E-state index in [1.807, 2.05) is 10.7 Å². The maximum Gasteiger partial charge on any atom is 0.254 e. The summed E-state index contributed by atoms with van der Waals surface area (Å²) in [6.45, 7) is 3.27. The molecule has 0 N–H and O–H groups in total. The molecule has 1 aromatic heterocycles. The summed E-state index contributed by atoms with van der Waals surface area (Å²) in [5.74, 6) is -0.104. The zero-order valence-corrected chi connectivity index (χ0v) is 15.1. The third kappa shape index (κ3) is 3.13. The Bertz CT molecular complexity index is 901. The Balaban J connectivity index is 1.50. The summed E-state index contributed by atoms with van der Waals surface area (Å²) in [5.41, 5.74) is 1.48. The van der Waals surface area contributed by atoms with Crippen molar-refractivity contribution in [2.24, 2.45) is 0 Å². The first-order chi connectivity index (χ1) is 12.6. The molecule has 2 aromatic rings. The van der Waals surface area contributed by atoms with E-state index in [4.69, 9.17) is 4.74 Å². The normalized spacial score (nSPS) is 18.5. The molecule has 0 saturated carbocycles. The topological polar surface area (TPSA) is 84.7 Å². The van der Waals surface area contributed by atoms with Crippen LogP contribution in [0, 0.1) is 0 Å². The minimum absolute atomic E-state index is 0.104. The number of hydrogen-bond donors (Lipinski definition) is 0. The molecule has 1 amide bonds. The number of fused-ring (bicyclic) bond motifs is 1. The van der Waals surface area contributed by atoms with E-state index in [2.05, 4.69) is 5.10 Å². The van der Waals surface area contributed by atoms with Crippen LogP contribution in [0.2, 0.25) is 0 Å². The minimum Gasteiger partial charge on any atom is -0.379 e. The molecule has 4 rings (SSSR count). The Labute approximate surface area is 152 Å². The molecule has 138 valence electrons. The second kappa shape index (κ2) is 6.82. The van der Waals surface area contributed by atoms with Crippen molar-refractivity contribution in [1.82, 2.24) is 19.0 Å². The van der Waals surface area contributed by atoms with Gasteiger partial charge in [0.25, 0.3) is 5.91 Å². The molecule has 0 atom stereocenters. The average molecular weight is 376 g/mol. The van der Waals surface area contributed by atoms with Gasteiger partial charge in [0.2, 0.25) is 10.0 Å². The second-order valence-electron chi connectivity index (χ2n) is 6.31. The molecule has 8 nitrogen and oxygen atoms in total. The highest BCUT2D eigenvalue weighted by Gasteiger charge is 2.27. The number of carbonyl (C=O) groups is 1. The van der Waals surface area contributed by atoms with Gasteiger partial charge in [-0.05, 0) is 30.3 Å². The molecular formula is C17H20N4O4S. The molecule has 2 aliphatic heterocycles. The zero-order chi connectivity index (χ0) is 18.1. The fraction of sp³-hybridized carbons (Fsp3) is 0.412. The number of carbonyl (C=O) groups excluding carboxylic acids is 1. The van der Waals surface area contributed by atoms with Crippen LogP contribution in [0.1, 0.15) is 16.1 Å². The molecule has 2 aliphatic rings. The summed E-state index contributed by atoms with van der Waals surface area (Å²) >= 11 is 0. The fourth-order valence-corrected chi connectivity index (χ4v) is 4.66. The number of hydrogen-bond acceptors (Lipinski definition) is 5. The predicted octanol–water partition coefficient (Wildman–Crippen LogP) is 0.560. The van der Waals surface area contributed by atoms with E-state index >= 15 is 0 Å². The molecular weight excluding hydrogens is 356 g/mol. The lowest BCUT2D eigenvalue weighted by molar-refractivity contribution is 0.0706. The maximum atomic E-state index is 12.7. The van der Waals surface area contributed by atoms with Gasteiger partial charge in [0.15, 0.2) is 0 Å². The van der Waals surface area contributed by atoms with Crippen LogP contribution in [0.3, 0.4) is 0 Å². The summed E-state index contributed by atoms with van der Waals surface area (Å²) in [6, 6.07) is 8.08. The van der Waals surface area contributed by atoms with Crippen LogP contribution < -0.4 is 0 Å². The van der Waals surface area contributed by atoms with Crippen LogP contribution in [0.25, 0.3) is 0 Å². The summed E-state index contributed by atoms with van der Waals surface area (Å²) in [7, 11) is -3.54. The highest BCUT2D eigenvalue weighted by molar-refractivity contribution is 7.89. The third-order valence-electron chi connectivity index (χ3n) is 4.74. The predicted molar refractivity (Wildman–Crippen MR) is 93.0 cm³/mol. The van der Waals surface area contributed by atoms with Gasteiger partial charge in [-0.25, -0.2) is 8.42 Å². The van der Waals surface area contributed by atoms with Crippen molar-refractivity contribution < 1.29 is 17.9 Å². The van der Waals surface area contributed by atoms with Crippen molar-refractivity contribution in [2.75, 3.05) is 32.8 Å². The molecule has 1 fully saturated rings. The summed E-state index contributed by atoms with van der Waals surface area (Å²) < 4.78 is 33.8. The molecule has 0 radical (unpaired) electrons. The minimum atomic E-state index is -3.54. The van der Waals surface area contributed by atoms with E-state index in [0.29, 0.717) is 51.5 Å². The zero-order valence-electron chi connectivity index (χ0n) is 14.2. The van der Waals surface area contributed by atoms with Crippen molar-refractivity contribution in [1.29, 1.82) is 0 Å². The van der Waals surface area contributed by atoms with Gasteiger partial charge >= 0.3 is 0 Å². The molecule has 0 spiro atoms. The Morgan fingerprint density at radius 1 is 1.00 bits per heavy atom. The first kappa shape index (κ1) is 17.2. The van der Waals surface area contributed by atoms with E-state index in [1.165, 1.54) is 16.4 Å². The first-order valence-electron chi connectivity index (χ1n) is 8.53. The van der Waals surface area contributed by atoms with Crippen molar-refractivity contribution in [2.45, 2.75) is 18.0 Å². The first-order valence-corrected chi connectivity index (χ1v) is 9.98. The van der Waals surface area contributed by atoms with Gasteiger partial charge in [-0.3, -0.25) is 9.48 Å². The fourth-order valence-electron chi connectivity index (χ4n) is 3.25. The SMILES string of the molecule is O=C(c1ccc(S(=O)(=O)N2CCOCC2)cc1)N1CCn2nccc2C1. The maximum absolute atomic E-state index is 12.7. The summed E-state index contributed by atoms with van der Waals surface area (Å²) in [5, 5.41) is 4.20. The smallest absolute Gasteiger partial charge is 0.254 e. The van der Waals surface area contributed by atoms with Gasteiger partial charge in [-0.1, -0.05) is 0 Å². The molecule has 1 saturated heterocycles. The van der Waals surface area contributed by atoms with Crippen molar-refractivity contribution >= 4 is 15.9 Å². The van der Waals surface area contributed by atoms with Gasteiger partial charge < -0.3 is 9.64 Å². The Morgan fingerprint density at radius 2 is 1.73 bits per heavy atom. The monoisotopic (exact) mass is 376 g/mol. The highest BCUT2D eigenvalue weighted by atomic mass is 32.2. The van der Waals surface area contributed by atoms with E-state index < -0.39 is 10.0 Å². The number of nitrogens with zero attached hydrogens (tertiary/aromatic N) is 4. The van der Waals surface area contributed by atoms with Crippen LogP contribution in [-0.4, -0.2) is 66.2 Å². The Kier molecular flexibility index (Phi) is 4.51. The molecule has 26 heavy (non-hydrogen) atoms. The van der Waals surface area contributed by atoms with Gasteiger partial charge in [0, 0.05) is 31.4 Å². The largest absolute Gasteiger partial charge is 0.379 e. The van der Waals surface area contributed by atoms with Crippen LogP contribution in [-0.2, 0) is 27.8 Å².